The number of halogens is 1. The highest BCUT2D eigenvalue weighted by Crippen LogP contribution is 2.13. The van der Waals surface area contributed by atoms with E-state index in [4.69, 9.17) is 5.11 Å². The topological polar surface area (TPSA) is 36.4 Å². The van der Waals surface area contributed by atoms with E-state index in [0.717, 1.165) is 29.9 Å². The first-order chi connectivity index (χ1) is 6.24. The molecular weight excluding hydrogens is 232 g/mol. The van der Waals surface area contributed by atoms with E-state index in [-0.39, 0.29) is 6.10 Å². The fourth-order valence-corrected chi connectivity index (χ4v) is 1.82. The van der Waals surface area contributed by atoms with Crippen molar-refractivity contribution in [1.82, 2.24) is 9.88 Å². The molecule has 70 valence electrons. The number of rotatable bonds is 2. The Morgan fingerprint density at radius 2 is 2.31 bits per heavy atom. The van der Waals surface area contributed by atoms with Crippen molar-refractivity contribution in [2.75, 3.05) is 13.1 Å². The Balaban J connectivity index is 1.94. The van der Waals surface area contributed by atoms with E-state index in [1.54, 1.807) is 0 Å². The van der Waals surface area contributed by atoms with Crippen molar-refractivity contribution in [2.24, 2.45) is 0 Å². The van der Waals surface area contributed by atoms with Crippen LogP contribution >= 0.6 is 15.9 Å². The van der Waals surface area contributed by atoms with Gasteiger partial charge in [0.15, 0.2) is 0 Å². The van der Waals surface area contributed by atoms with E-state index in [0.29, 0.717) is 0 Å². The zero-order valence-electron chi connectivity index (χ0n) is 7.15. The summed E-state index contributed by atoms with van der Waals surface area (Å²) in [5.41, 5.74) is 1.04. The van der Waals surface area contributed by atoms with Gasteiger partial charge in [-0.3, -0.25) is 4.90 Å². The number of aliphatic hydroxyl groups is 1. The summed E-state index contributed by atoms with van der Waals surface area (Å²) in [6, 6.07) is 5.88. The normalized spacial score (nSPS) is 18.6. The van der Waals surface area contributed by atoms with Gasteiger partial charge >= 0.3 is 0 Å². The van der Waals surface area contributed by atoms with Gasteiger partial charge in [0.2, 0.25) is 0 Å². The molecule has 1 aliphatic rings. The van der Waals surface area contributed by atoms with Crippen molar-refractivity contribution >= 4 is 15.9 Å². The van der Waals surface area contributed by atoms with Crippen LogP contribution in [0.25, 0.3) is 0 Å². The molecule has 0 aliphatic carbocycles. The van der Waals surface area contributed by atoms with Crippen LogP contribution in [0, 0.1) is 0 Å². The molecule has 1 aromatic rings. The van der Waals surface area contributed by atoms with Gasteiger partial charge < -0.3 is 5.11 Å². The summed E-state index contributed by atoms with van der Waals surface area (Å²) in [5.74, 6) is 0. The van der Waals surface area contributed by atoms with Gasteiger partial charge in [0, 0.05) is 19.6 Å². The van der Waals surface area contributed by atoms with Crippen LogP contribution in [0.4, 0.5) is 0 Å². The molecule has 3 nitrogen and oxygen atoms in total. The Hall–Kier alpha value is -0.450. The number of pyridine rings is 1. The second-order valence-corrected chi connectivity index (χ2v) is 4.11. The fraction of sp³-hybridized carbons (Fsp3) is 0.444. The molecular formula is C9H11BrN2O. The van der Waals surface area contributed by atoms with E-state index < -0.39 is 0 Å². The predicted molar refractivity (Wildman–Crippen MR) is 53.2 cm³/mol. The number of β-amino-alcohol motifs (C(OH)–C–C–N with tert-alkyl or cyclic N) is 1. The molecule has 2 rings (SSSR count). The lowest BCUT2D eigenvalue weighted by Gasteiger charge is -2.35. The van der Waals surface area contributed by atoms with E-state index >= 15 is 0 Å². The maximum Gasteiger partial charge on any atom is 0.106 e. The van der Waals surface area contributed by atoms with Crippen LogP contribution in [0.5, 0.6) is 0 Å². The summed E-state index contributed by atoms with van der Waals surface area (Å²) in [7, 11) is 0. The van der Waals surface area contributed by atoms with Gasteiger partial charge in [-0.1, -0.05) is 6.07 Å². The lowest BCUT2D eigenvalue weighted by molar-refractivity contribution is -0.00355. The van der Waals surface area contributed by atoms with Gasteiger partial charge in [-0.2, -0.15) is 0 Å². The molecule has 0 atom stereocenters. The molecule has 1 fully saturated rings. The maximum atomic E-state index is 9.08. The molecule has 0 aromatic carbocycles. The van der Waals surface area contributed by atoms with Crippen molar-refractivity contribution in [2.45, 2.75) is 12.6 Å². The standard InChI is InChI=1S/C9H11BrN2O/c10-9-3-1-2-7(11-9)4-12-5-8(13)6-12/h1-3,8,13H,4-6H2. The Bertz CT molecular complexity index is 299. The Morgan fingerprint density at radius 1 is 1.54 bits per heavy atom. The summed E-state index contributed by atoms with van der Waals surface area (Å²) < 4.78 is 0.867. The van der Waals surface area contributed by atoms with Gasteiger partial charge in [0.1, 0.15) is 4.60 Å². The zero-order chi connectivity index (χ0) is 9.26. The van der Waals surface area contributed by atoms with E-state index in [2.05, 4.69) is 25.8 Å². The number of nitrogens with zero attached hydrogens (tertiary/aromatic N) is 2. The molecule has 0 radical (unpaired) electrons. The third-order valence-corrected chi connectivity index (χ3v) is 2.54. The molecule has 1 N–H and O–H groups in total. The SMILES string of the molecule is OC1CN(Cc2cccc(Br)n2)C1. The first-order valence-corrected chi connectivity index (χ1v) is 5.05. The largest absolute Gasteiger partial charge is 0.390 e. The molecule has 0 saturated carbocycles. The fourth-order valence-electron chi connectivity index (χ4n) is 1.44. The van der Waals surface area contributed by atoms with Gasteiger partial charge in [-0.05, 0) is 28.1 Å². The number of aromatic nitrogens is 1. The van der Waals surface area contributed by atoms with E-state index in [1.165, 1.54) is 0 Å². The Labute approximate surface area is 85.5 Å². The number of likely N-dealkylation sites (tertiary alicyclic amines) is 1. The third-order valence-electron chi connectivity index (χ3n) is 2.10. The molecule has 1 saturated heterocycles. The minimum absolute atomic E-state index is 0.132. The third kappa shape index (κ3) is 2.27. The summed E-state index contributed by atoms with van der Waals surface area (Å²) in [5, 5.41) is 9.08. The average molecular weight is 243 g/mol. The van der Waals surface area contributed by atoms with Crippen LogP contribution in [0.3, 0.4) is 0 Å². The van der Waals surface area contributed by atoms with Crippen molar-refractivity contribution in [3.05, 3.63) is 28.5 Å². The highest BCUT2D eigenvalue weighted by molar-refractivity contribution is 9.10. The number of hydrogen-bond donors (Lipinski definition) is 1. The first-order valence-electron chi connectivity index (χ1n) is 4.26. The maximum absolute atomic E-state index is 9.08. The molecule has 4 heteroatoms. The van der Waals surface area contributed by atoms with Crippen LogP contribution in [0.2, 0.25) is 0 Å². The molecule has 1 aliphatic heterocycles. The monoisotopic (exact) mass is 242 g/mol. The van der Waals surface area contributed by atoms with Crippen LogP contribution in [-0.2, 0) is 6.54 Å². The molecule has 0 unspecified atom stereocenters. The average Bonchev–Trinajstić information content (AvgIpc) is 2.01. The minimum Gasteiger partial charge on any atom is -0.390 e. The lowest BCUT2D eigenvalue weighted by atomic mass is 10.1. The van der Waals surface area contributed by atoms with Gasteiger partial charge in [-0.15, -0.1) is 0 Å². The minimum atomic E-state index is -0.132. The Kier molecular flexibility index (Phi) is 2.62. The highest BCUT2D eigenvalue weighted by Gasteiger charge is 2.24. The van der Waals surface area contributed by atoms with Gasteiger partial charge in [-0.25, -0.2) is 4.98 Å². The predicted octanol–water partition coefficient (Wildman–Crippen LogP) is 1.02. The van der Waals surface area contributed by atoms with Crippen molar-refractivity contribution < 1.29 is 5.11 Å². The second kappa shape index (κ2) is 3.74. The smallest absolute Gasteiger partial charge is 0.106 e. The molecule has 1 aromatic heterocycles. The first kappa shape index (κ1) is 9.12. The lowest BCUT2D eigenvalue weighted by Crippen LogP contribution is -2.49. The summed E-state index contributed by atoms with van der Waals surface area (Å²) >= 11 is 3.32. The molecule has 0 amide bonds. The van der Waals surface area contributed by atoms with Crippen LogP contribution in [0.1, 0.15) is 5.69 Å². The highest BCUT2D eigenvalue weighted by atomic mass is 79.9. The van der Waals surface area contributed by atoms with Gasteiger partial charge in [0.05, 0.1) is 11.8 Å². The zero-order valence-corrected chi connectivity index (χ0v) is 8.74. The summed E-state index contributed by atoms with van der Waals surface area (Å²) in [6.45, 7) is 2.37. The molecule has 2 heterocycles. The number of hydrogen-bond acceptors (Lipinski definition) is 3. The Morgan fingerprint density at radius 3 is 2.92 bits per heavy atom. The van der Waals surface area contributed by atoms with Crippen molar-refractivity contribution in [1.29, 1.82) is 0 Å². The van der Waals surface area contributed by atoms with Crippen molar-refractivity contribution in [3.63, 3.8) is 0 Å². The summed E-state index contributed by atoms with van der Waals surface area (Å²) in [6.07, 6.45) is -0.132. The molecule has 0 spiro atoms. The molecule has 0 bridgehead atoms. The van der Waals surface area contributed by atoms with E-state index in [9.17, 15) is 0 Å². The molecule has 13 heavy (non-hydrogen) atoms. The second-order valence-electron chi connectivity index (χ2n) is 3.30. The number of aliphatic hydroxyl groups excluding tert-OH is 1. The van der Waals surface area contributed by atoms with Gasteiger partial charge in [0.25, 0.3) is 0 Å². The van der Waals surface area contributed by atoms with Crippen molar-refractivity contribution in [3.8, 4) is 0 Å². The van der Waals surface area contributed by atoms with E-state index in [1.807, 2.05) is 18.2 Å². The summed E-state index contributed by atoms with van der Waals surface area (Å²) in [4.78, 5) is 6.48. The van der Waals surface area contributed by atoms with Crippen LogP contribution in [-0.4, -0.2) is 34.2 Å². The quantitative estimate of drug-likeness (QED) is 0.788. The van der Waals surface area contributed by atoms with Crippen LogP contribution in [0.15, 0.2) is 22.8 Å². The van der Waals surface area contributed by atoms with Crippen LogP contribution < -0.4 is 0 Å².